The lowest BCUT2D eigenvalue weighted by molar-refractivity contribution is 0.592. The number of aromatic nitrogens is 3. The molecule has 0 atom stereocenters. The van der Waals surface area contributed by atoms with Crippen LogP contribution in [0.4, 0.5) is 19.7 Å². The minimum absolute atomic E-state index is 0.0119. The molecule has 0 saturated carbocycles. The van der Waals surface area contributed by atoms with Gasteiger partial charge in [-0.25, -0.2) is 36.9 Å². The second-order valence-corrected chi connectivity index (χ2v) is 9.67. The highest BCUT2D eigenvalue weighted by Gasteiger charge is 2.22. The van der Waals surface area contributed by atoms with E-state index in [1.165, 1.54) is 24.5 Å². The number of fused-ring (bicyclic) bond motifs is 2. The van der Waals surface area contributed by atoms with Gasteiger partial charge in [0.05, 0.1) is 15.2 Å². The van der Waals surface area contributed by atoms with Gasteiger partial charge in [-0.2, -0.15) is 0 Å². The van der Waals surface area contributed by atoms with E-state index < -0.39 is 21.7 Å². The number of sulfonamides is 1. The summed E-state index contributed by atoms with van der Waals surface area (Å²) < 4.78 is 55.1. The molecule has 4 aromatic rings. The summed E-state index contributed by atoms with van der Waals surface area (Å²) in [6, 6.07) is 4.07. The van der Waals surface area contributed by atoms with Gasteiger partial charge in [0.25, 0.3) is 0 Å². The third kappa shape index (κ3) is 4.09. The molecule has 0 saturated heterocycles. The average molecular weight is 497 g/mol. The maximum Gasteiger partial charge on any atom is 0.233 e. The molecule has 0 unspecified atom stereocenters. The molecule has 32 heavy (non-hydrogen) atoms. The third-order valence-corrected chi connectivity index (χ3v) is 6.78. The van der Waals surface area contributed by atoms with Crippen molar-refractivity contribution in [3.05, 3.63) is 53.2 Å². The molecular formula is C19H15ClF2N6O2S2. The molecule has 166 valence electrons. The largest absolute Gasteiger partial charge is 0.375 e. The highest BCUT2D eigenvalue weighted by atomic mass is 35.5. The summed E-state index contributed by atoms with van der Waals surface area (Å²) >= 11 is 7.38. The zero-order valence-corrected chi connectivity index (χ0v) is 18.6. The summed E-state index contributed by atoms with van der Waals surface area (Å²) in [5.74, 6) is -0.983. The highest BCUT2D eigenvalue weighted by molar-refractivity contribution is 7.92. The fourth-order valence-corrected chi connectivity index (χ4v) is 4.71. The van der Waals surface area contributed by atoms with Crippen molar-refractivity contribution >= 4 is 65.0 Å². The number of hydrogen-bond donors (Lipinski definition) is 3. The van der Waals surface area contributed by atoms with E-state index in [-0.39, 0.29) is 55.9 Å². The molecule has 0 aliphatic carbocycles. The van der Waals surface area contributed by atoms with Gasteiger partial charge in [0.15, 0.2) is 10.9 Å². The summed E-state index contributed by atoms with van der Waals surface area (Å²) in [4.78, 5) is 12.2. The molecule has 13 heteroatoms. The fourth-order valence-electron chi connectivity index (χ4n) is 3.14. The van der Waals surface area contributed by atoms with Crippen LogP contribution in [-0.4, -0.2) is 36.5 Å². The zero-order chi connectivity index (χ0) is 23.0. The molecule has 2 aromatic heterocycles. The predicted octanol–water partition coefficient (Wildman–Crippen LogP) is 3.90. The van der Waals surface area contributed by atoms with Crippen LogP contribution in [-0.2, 0) is 10.0 Å². The van der Waals surface area contributed by atoms with E-state index >= 15 is 4.39 Å². The SMILES string of the molecule is C=CS(=O)(=O)NCCNc1ncnc2c(F)c(-c3ccc(F)c4sc(N)nc34)c(Cl)cc12. The molecule has 0 fully saturated rings. The molecule has 4 rings (SSSR count). The van der Waals surface area contributed by atoms with Gasteiger partial charge >= 0.3 is 0 Å². The molecule has 0 bridgehead atoms. The van der Waals surface area contributed by atoms with Crippen LogP contribution in [0.25, 0.3) is 32.2 Å². The number of thiazole rings is 1. The van der Waals surface area contributed by atoms with E-state index in [2.05, 4.69) is 31.6 Å². The van der Waals surface area contributed by atoms with Gasteiger partial charge in [-0.05, 0) is 18.2 Å². The summed E-state index contributed by atoms with van der Waals surface area (Å²) in [5, 5.41) is 4.20. The summed E-state index contributed by atoms with van der Waals surface area (Å²) in [6.45, 7) is 3.42. The van der Waals surface area contributed by atoms with Crippen molar-refractivity contribution in [3.8, 4) is 11.1 Å². The van der Waals surface area contributed by atoms with E-state index in [1.807, 2.05) is 0 Å². The number of nitrogen functional groups attached to an aromatic ring is 1. The molecule has 0 amide bonds. The summed E-state index contributed by atoms with van der Waals surface area (Å²) in [6.07, 6.45) is 1.17. The minimum atomic E-state index is -3.57. The first kappa shape index (κ1) is 22.3. The maximum absolute atomic E-state index is 15.6. The number of nitrogens with two attached hydrogens (primary N) is 1. The Kier molecular flexibility index (Phi) is 5.95. The van der Waals surface area contributed by atoms with Crippen LogP contribution < -0.4 is 15.8 Å². The van der Waals surface area contributed by atoms with Crippen molar-refractivity contribution in [3.63, 3.8) is 0 Å². The number of benzene rings is 2. The van der Waals surface area contributed by atoms with Gasteiger partial charge in [0, 0.05) is 35.0 Å². The van der Waals surface area contributed by atoms with Crippen molar-refractivity contribution in [1.82, 2.24) is 19.7 Å². The van der Waals surface area contributed by atoms with Gasteiger partial charge in [-0.1, -0.05) is 29.5 Å². The Balaban J connectivity index is 1.76. The van der Waals surface area contributed by atoms with Crippen molar-refractivity contribution < 1.29 is 17.2 Å². The molecule has 2 aromatic carbocycles. The lowest BCUT2D eigenvalue weighted by atomic mass is 10.0. The lowest BCUT2D eigenvalue weighted by Crippen LogP contribution is -2.27. The van der Waals surface area contributed by atoms with Crippen LogP contribution in [0.3, 0.4) is 0 Å². The third-order valence-electron chi connectivity index (χ3n) is 4.54. The first-order valence-electron chi connectivity index (χ1n) is 9.05. The summed E-state index contributed by atoms with van der Waals surface area (Å²) in [5.41, 5.74) is 6.20. The topological polar surface area (TPSA) is 123 Å². The van der Waals surface area contributed by atoms with Crippen LogP contribution in [0.1, 0.15) is 0 Å². The van der Waals surface area contributed by atoms with Gasteiger partial charge in [0.1, 0.15) is 23.5 Å². The number of nitrogens with one attached hydrogen (secondary N) is 2. The molecule has 0 radical (unpaired) electrons. The van der Waals surface area contributed by atoms with Crippen molar-refractivity contribution in [2.45, 2.75) is 0 Å². The molecule has 0 aliphatic heterocycles. The smallest absolute Gasteiger partial charge is 0.233 e. The second kappa shape index (κ2) is 8.54. The van der Waals surface area contributed by atoms with Gasteiger partial charge in [-0.3, -0.25) is 0 Å². The van der Waals surface area contributed by atoms with Gasteiger partial charge in [-0.15, -0.1) is 0 Å². The Morgan fingerprint density at radius 2 is 2.00 bits per heavy atom. The molecule has 2 heterocycles. The van der Waals surface area contributed by atoms with E-state index in [4.69, 9.17) is 17.3 Å². The highest BCUT2D eigenvalue weighted by Crippen LogP contribution is 2.41. The molecule has 0 aliphatic rings. The van der Waals surface area contributed by atoms with E-state index in [1.54, 1.807) is 0 Å². The Labute approximate surface area is 190 Å². The second-order valence-electron chi connectivity index (χ2n) is 6.52. The molecule has 8 nitrogen and oxygen atoms in total. The van der Waals surface area contributed by atoms with Crippen LogP contribution in [0, 0.1) is 11.6 Å². The molecule has 4 N–H and O–H groups in total. The number of nitrogens with zero attached hydrogens (tertiary/aromatic N) is 3. The normalized spacial score (nSPS) is 11.8. The number of hydrogen-bond acceptors (Lipinski definition) is 8. The zero-order valence-electron chi connectivity index (χ0n) is 16.2. The van der Waals surface area contributed by atoms with Gasteiger partial charge in [0.2, 0.25) is 10.0 Å². The fraction of sp³-hybridized carbons (Fsp3) is 0.105. The van der Waals surface area contributed by atoms with E-state index in [0.717, 1.165) is 16.7 Å². The van der Waals surface area contributed by atoms with Crippen LogP contribution in [0.5, 0.6) is 0 Å². The first-order valence-corrected chi connectivity index (χ1v) is 11.8. The Morgan fingerprint density at radius 3 is 2.75 bits per heavy atom. The van der Waals surface area contributed by atoms with E-state index in [9.17, 15) is 12.8 Å². The quantitative estimate of drug-likeness (QED) is 0.331. The first-order chi connectivity index (χ1) is 15.2. The Morgan fingerprint density at radius 1 is 1.22 bits per heavy atom. The Bertz CT molecular complexity index is 1480. The lowest BCUT2D eigenvalue weighted by Gasteiger charge is -2.13. The monoisotopic (exact) mass is 496 g/mol. The van der Waals surface area contributed by atoms with Crippen LogP contribution in [0.15, 0.2) is 36.5 Å². The number of anilines is 2. The Hall–Kier alpha value is -2.93. The predicted molar refractivity (Wildman–Crippen MR) is 123 cm³/mol. The average Bonchev–Trinajstić information content (AvgIpc) is 3.15. The van der Waals surface area contributed by atoms with Crippen molar-refractivity contribution in [1.29, 1.82) is 0 Å². The molecule has 0 spiro atoms. The number of rotatable bonds is 7. The van der Waals surface area contributed by atoms with Crippen molar-refractivity contribution in [2.24, 2.45) is 0 Å². The van der Waals surface area contributed by atoms with E-state index in [0.29, 0.717) is 5.39 Å². The maximum atomic E-state index is 15.6. The van der Waals surface area contributed by atoms with Crippen LogP contribution >= 0.6 is 22.9 Å². The minimum Gasteiger partial charge on any atom is -0.375 e. The molecular weight excluding hydrogens is 482 g/mol. The standard InChI is InChI=1S/C19H15ClF2N6O2S2/c1-2-32(29,30)27-6-5-24-18-10-7-11(20)13(14(22)15(10)25-8-26-18)9-3-4-12(21)17-16(9)28-19(23)31-17/h2-4,7-8,27H,1,5-6H2,(H2,23,28)(H,24,25,26). The number of halogens is 3. The van der Waals surface area contributed by atoms with Gasteiger partial charge < -0.3 is 11.1 Å². The summed E-state index contributed by atoms with van der Waals surface area (Å²) in [7, 11) is -3.57. The van der Waals surface area contributed by atoms with Crippen LogP contribution in [0.2, 0.25) is 5.02 Å². The van der Waals surface area contributed by atoms with Crippen molar-refractivity contribution in [2.75, 3.05) is 24.1 Å².